The van der Waals surface area contributed by atoms with Gasteiger partial charge in [0.25, 0.3) is 0 Å². The van der Waals surface area contributed by atoms with Gasteiger partial charge in [0.05, 0.1) is 72.3 Å². The summed E-state index contributed by atoms with van der Waals surface area (Å²) >= 11 is 1.88. The van der Waals surface area contributed by atoms with Gasteiger partial charge in [0.2, 0.25) is 0 Å². The first-order chi connectivity index (χ1) is 64.0. The van der Waals surface area contributed by atoms with Crippen LogP contribution in [0, 0.1) is 0 Å². The molecule has 7 heterocycles. The fourth-order valence-electron chi connectivity index (χ4n) is 18.5. The van der Waals surface area contributed by atoms with Gasteiger partial charge in [0.15, 0.2) is 17.5 Å². The molecule has 0 N–H and O–H groups in total. The Balaban J connectivity index is 0.000000111. The molecule has 0 bridgehead atoms. The van der Waals surface area contributed by atoms with Crippen molar-refractivity contribution >= 4 is 98.6 Å². The van der Waals surface area contributed by atoms with Crippen molar-refractivity contribution < 1.29 is 0 Å². The van der Waals surface area contributed by atoms with E-state index >= 15 is 0 Å². The summed E-state index contributed by atoms with van der Waals surface area (Å²) in [6, 6.07) is 150. The van der Waals surface area contributed by atoms with E-state index in [2.05, 4.69) is 394 Å². The lowest BCUT2D eigenvalue weighted by Gasteiger charge is -2.16. The molecule has 0 saturated carbocycles. The number of para-hydroxylation sites is 5. The van der Waals surface area contributed by atoms with E-state index in [0.29, 0.717) is 11.1 Å². The van der Waals surface area contributed by atoms with E-state index in [1.54, 1.807) is 0 Å². The van der Waals surface area contributed by atoms with Gasteiger partial charge in [-0.2, -0.15) is 0 Å². The highest BCUT2D eigenvalue weighted by Crippen LogP contribution is 2.52. The van der Waals surface area contributed by atoms with Crippen LogP contribution in [-0.4, -0.2) is 50.1 Å². The van der Waals surface area contributed by atoms with Crippen LogP contribution >= 0.6 is 11.8 Å². The monoisotopic (exact) mass is 1660 g/mol. The molecule has 129 heavy (non-hydrogen) atoms. The number of fused-ring (bicyclic) bond motifs is 14. The number of allylic oxidation sites excluding steroid dienone is 3. The number of benzene rings is 17. The van der Waals surface area contributed by atoms with Crippen molar-refractivity contribution in [1.82, 2.24) is 44.9 Å². The number of hydrogen-bond donors (Lipinski definition) is 0. The first-order valence-electron chi connectivity index (χ1n) is 43.6. The van der Waals surface area contributed by atoms with Gasteiger partial charge in [-0.15, -0.1) is 11.8 Å². The summed E-state index contributed by atoms with van der Waals surface area (Å²) < 4.78 is 0. The number of rotatable bonds is 12. The second kappa shape index (κ2) is 33.8. The van der Waals surface area contributed by atoms with E-state index in [9.17, 15) is 0 Å². The van der Waals surface area contributed by atoms with Crippen LogP contribution in [0.5, 0.6) is 0 Å². The molecule has 6 aromatic heterocycles. The third-order valence-corrected chi connectivity index (χ3v) is 25.9. The zero-order valence-electron chi connectivity index (χ0n) is 69.9. The minimum absolute atomic E-state index is 0.246. The van der Waals surface area contributed by atoms with Gasteiger partial charge in [-0.1, -0.05) is 406 Å². The van der Waals surface area contributed by atoms with E-state index in [-0.39, 0.29) is 5.92 Å². The van der Waals surface area contributed by atoms with Gasteiger partial charge >= 0.3 is 0 Å². The minimum atomic E-state index is 0.246. The quantitative estimate of drug-likeness (QED) is 0.110. The average Bonchev–Trinajstić information content (AvgIpc) is 1.61. The van der Waals surface area contributed by atoms with E-state index in [1.807, 2.05) is 72.4 Å². The Labute approximate surface area is 750 Å². The van der Waals surface area contributed by atoms with Gasteiger partial charge in [-0.05, 0) is 81.9 Å². The molecule has 604 valence electrons. The zero-order chi connectivity index (χ0) is 85.5. The molecule has 0 spiro atoms. The number of hydrogen-bond acceptors (Lipinski definition) is 10. The third-order valence-electron chi connectivity index (χ3n) is 24.5. The van der Waals surface area contributed by atoms with Crippen LogP contribution in [0.4, 0.5) is 0 Å². The smallest absolute Gasteiger partial charge is 0.160 e. The van der Waals surface area contributed by atoms with Crippen molar-refractivity contribution in [2.45, 2.75) is 16.1 Å². The van der Waals surface area contributed by atoms with Crippen LogP contribution in [0.3, 0.4) is 0 Å². The molecule has 23 aromatic rings. The average molecular weight is 1670 g/mol. The molecule has 0 amide bonds. The van der Waals surface area contributed by atoms with Crippen LogP contribution in [0.1, 0.15) is 11.6 Å². The summed E-state index contributed by atoms with van der Waals surface area (Å²) in [5.74, 6) is 2.45. The lowest BCUT2D eigenvalue weighted by Crippen LogP contribution is -2.09. The maximum Gasteiger partial charge on any atom is 0.160 e. The van der Waals surface area contributed by atoms with E-state index < -0.39 is 0 Å². The molecule has 1 aliphatic heterocycles. The van der Waals surface area contributed by atoms with Gasteiger partial charge in [-0.3, -0.25) is 0 Å². The summed E-state index contributed by atoms with van der Waals surface area (Å²) in [7, 11) is 0. The fraction of sp³-hybridized carbons (Fsp3) is 0.0168. The fourth-order valence-corrected chi connectivity index (χ4v) is 19.9. The second-order valence-electron chi connectivity index (χ2n) is 32.4. The Morgan fingerprint density at radius 3 is 0.845 bits per heavy atom. The predicted octanol–water partition coefficient (Wildman–Crippen LogP) is 30.5. The largest absolute Gasteiger partial charge is 0.247 e. The van der Waals surface area contributed by atoms with Crippen molar-refractivity contribution in [1.29, 1.82) is 0 Å². The number of nitrogens with zero attached hydrogens (tertiary/aromatic N) is 9. The molecule has 25 rings (SSSR count). The predicted molar refractivity (Wildman–Crippen MR) is 535 cm³/mol. The Morgan fingerprint density at radius 1 is 0.178 bits per heavy atom. The summed E-state index contributed by atoms with van der Waals surface area (Å²) in [5.41, 5.74) is 28.3. The molecule has 2 unspecified atom stereocenters. The summed E-state index contributed by atoms with van der Waals surface area (Å²) in [5, 5.41) is 12.9. The molecular formula is C119H77N9S. The lowest BCUT2D eigenvalue weighted by molar-refractivity contribution is 0.829. The lowest BCUT2D eigenvalue weighted by atomic mass is 9.92. The molecule has 1 aliphatic carbocycles. The van der Waals surface area contributed by atoms with Gasteiger partial charge in [-0.25, -0.2) is 44.9 Å². The minimum Gasteiger partial charge on any atom is -0.247 e. The molecule has 9 nitrogen and oxygen atoms in total. The Hall–Kier alpha value is -16.7. The van der Waals surface area contributed by atoms with Gasteiger partial charge in [0, 0.05) is 120 Å². The normalized spacial score (nSPS) is 13.2. The topological polar surface area (TPSA) is 116 Å². The Kier molecular flexibility index (Phi) is 20.2. The van der Waals surface area contributed by atoms with Crippen molar-refractivity contribution in [2.75, 3.05) is 0 Å². The van der Waals surface area contributed by atoms with E-state index in [0.717, 1.165) is 195 Å². The highest BCUT2D eigenvalue weighted by molar-refractivity contribution is 8.00. The second-order valence-corrected chi connectivity index (χ2v) is 33.6. The SMILES string of the molecule is C1=CC2Sc3c(-c4ccccc4)nc(-c4cccc(-c5cccc6c(-c7ccccc7)nc7ccccc7c56)c4)nc3C2C=C1.c1ccc(-c2nc(-c3cccc(-c4cccc5c(-c6ccccc6)nc6ccccc6c45)c3)c3ccccc3n2)cc1.c1ccc(-c2nc(-c3cccc(-c4cccc5c(-c6ccccc6)nc6ccccc6c45)c3)nc3ccccc23)cc1. The molecule has 2 atom stereocenters. The van der Waals surface area contributed by atoms with Crippen LogP contribution in [0.25, 0.3) is 222 Å². The number of pyridine rings is 3. The van der Waals surface area contributed by atoms with Crippen molar-refractivity contribution in [3.63, 3.8) is 0 Å². The van der Waals surface area contributed by atoms with Crippen molar-refractivity contribution in [2.24, 2.45) is 0 Å². The summed E-state index contributed by atoms with van der Waals surface area (Å²) in [4.78, 5) is 47.3. The molecular weight excluding hydrogens is 1590 g/mol. The van der Waals surface area contributed by atoms with Gasteiger partial charge in [0.1, 0.15) is 0 Å². The highest BCUT2D eigenvalue weighted by Gasteiger charge is 2.36. The Morgan fingerprint density at radius 2 is 0.442 bits per heavy atom. The molecule has 0 radical (unpaired) electrons. The van der Waals surface area contributed by atoms with Crippen LogP contribution < -0.4 is 0 Å². The Bertz CT molecular complexity index is 8340. The number of aromatic nitrogens is 9. The van der Waals surface area contributed by atoms with Crippen molar-refractivity contribution in [3.8, 4) is 135 Å². The molecule has 2 aliphatic rings. The maximum atomic E-state index is 5.27. The highest BCUT2D eigenvalue weighted by atomic mass is 32.2. The standard InChI is InChI=1S/C41H27N3S.2C39H25N3/c1-3-13-26(14-4-1)37-33-22-12-21-30(36(33)31-19-7-9-23-34(31)42-37)28-17-11-18-29(25-28)41-43-38(27-15-5-2-6-16-27)40-39(44-41)32-20-8-10-24-35(32)45-40;1-3-13-26(14-4-1)37-33-22-12-21-30(36(33)31-19-7-9-23-34(31)40-37)28-17-11-18-29(25-28)38-32-20-8-10-24-35(32)41-39(42-38)27-15-5-2-6-16-27;1-3-13-26(14-4-1)37-32-20-8-10-24-35(32)41-39(42-37)29-18-11-17-28(25-29)30-21-12-22-33-36(30)31-19-7-9-23-34(31)40-38(33)27-15-5-2-6-16-27/h1-25,32,35H;2*1-25H. The molecule has 10 heteroatoms. The van der Waals surface area contributed by atoms with Crippen LogP contribution in [0.2, 0.25) is 0 Å². The molecule has 17 aromatic carbocycles. The first-order valence-corrected chi connectivity index (χ1v) is 44.4. The first kappa shape index (κ1) is 77.2. The van der Waals surface area contributed by atoms with Crippen molar-refractivity contribution in [3.05, 3.63) is 461 Å². The maximum absolute atomic E-state index is 5.27. The summed E-state index contributed by atoms with van der Waals surface area (Å²) in [6.07, 6.45) is 8.86. The van der Waals surface area contributed by atoms with E-state index in [4.69, 9.17) is 44.9 Å². The number of thioether (sulfide) groups is 1. The van der Waals surface area contributed by atoms with Crippen LogP contribution in [-0.2, 0) is 0 Å². The molecule has 0 fully saturated rings. The third kappa shape index (κ3) is 14.7. The van der Waals surface area contributed by atoms with Crippen LogP contribution in [0.15, 0.2) is 460 Å². The molecule has 0 saturated heterocycles. The van der Waals surface area contributed by atoms with Gasteiger partial charge < -0.3 is 0 Å². The summed E-state index contributed by atoms with van der Waals surface area (Å²) in [6.45, 7) is 0. The van der Waals surface area contributed by atoms with E-state index in [1.165, 1.54) is 32.2 Å². The zero-order valence-corrected chi connectivity index (χ0v) is 70.7.